The molecule has 2 N–H and O–H groups in total. The van der Waals surface area contributed by atoms with Gasteiger partial charge in [0.25, 0.3) is 5.91 Å². The molecular formula is C12H11BrN4O2. The molecule has 0 atom stereocenters. The van der Waals surface area contributed by atoms with Gasteiger partial charge in [-0.3, -0.25) is 9.89 Å². The number of H-pyrrole nitrogens is 1. The predicted molar refractivity (Wildman–Crippen MR) is 74.3 cm³/mol. The van der Waals surface area contributed by atoms with Crippen molar-refractivity contribution in [2.24, 2.45) is 5.10 Å². The van der Waals surface area contributed by atoms with E-state index in [2.05, 4.69) is 36.7 Å². The van der Waals surface area contributed by atoms with Gasteiger partial charge in [0.05, 0.1) is 24.0 Å². The number of aromatic nitrogens is 2. The Morgan fingerprint density at radius 3 is 2.79 bits per heavy atom. The molecule has 1 aromatic carbocycles. The van der Waals surface area contributed by atoms with Crippen LogP contribution in [0.1, 0.15) is 16.1 Å². The lowest BCUT2D eigenvalue weighted by molar-refractivity contribution is 0.0949. The maximum atomic E-state index is 11.7. The number of nitrogens with zero attached hydrogens (tertiary/aromatic N) is 2. The van der Waals surface area contributed by atoms with Crippen molar-refractivity contribution >= 4 is 28.1 Å². The van der Waals surface area contributed by atoms with Crippen LogP contribution in [-0.2, 0) is 0 Å². The van der Waals surface area contributed by atoms with Crippen molar-refractivity contribution in [3.8, 4) is 5.75 Å². The zero-order valence-corrected chi connectivity index (χ0v) is 11.6. The summed E-state index contributed by atoms with van der Waals surface area (Å²) in [5.41, 5.74) is 3.58. The predicted octanol–water partition coefficient (Wildman–Crippen LogP) is 1.94. The van der Waals surface area contributed by atoms with E-state index < -0.39 is 0 Å². The number of halogens is 1. The first-order valence-corrected chi connectivity index (χ1v) is 6.16. The number of nitrogens with one attached hydrogen (secondary N) is 2. The van der Waals surface area contributed by atoms with Crippen LogP contribution >= 0.6 is 15.9 Å². The van der Waals surface area contributed by atoms with E-state index in [-0.39, 0.29) is 5.91 Å². The maximum Gasteiger partial charge on any atom is 0.290 e. The first-order chi connectivity index (χ1) is 9.20. The Hall–Kier alpha value is -2.15. The first-order valence-electron chi connectivity index (χ1n) is 5.37. The molecule has 0 saturated carbocycles. The van der Waals surface area contributed by atoms with Crippen LogP contribution in [0.4, 0.5) is 0 Å². The van der Waals surface area contributed by atoms with Crippen LogP contribution in [0.15, 0.2) is 40.0 Å². The number of hydrogen-bond acceptors (Lipinski definition) is 4. The van der Waals surface area contributed by atoms with E-state index in [0.29, 0.717) is 10.2 Å². The summed E-state index contributed by atoms with van der Waals surface area (Å²) in [6.07, 6.45) is 3.05. The lowest BCUT2D eigenvalue weighted by Gasteiger charge is -1.99. The fourth-order valence-corrected chi connectivity index (χ4v) is 1.71. The molecule has 2 aromatic rings. The van der Waals surface area contributed by atoms with Crippen molar-refractivity contribution < 1.29 is 9.53 Å². The van der Waals surface area contributed by atoms with E-state index in [0.717, 1.165) is 11.3 Å². The third-order valence-corrected chi connectivity index (χ3v) is 2.92. The van der Waals surface area contributed by atoms with Gasteiger partial charge < -0.3 is 4.74 Å². The van der Waals surface area contributed by atoms with Crippen molar-refractivity contribution in [1.82, 2.24) is 15.6 Å². The second-order valence-electron chi connectivity index (χ2n) is 3.57. The van der Waals surface area contributed by atoms with Crippen LogP contribution in [0, 0.1) is 0 Å². The Morgan fingerprint density at radius 2 is 2.21 bits per heavy atom. The number of aromatic amines is 1. The van der Waals surface area contributed by atoms with Crippen molar-refractivity contribution in [1.29, 1.82) is 0 Å². The minimum Gasteiger partial charge on any atom is -0.497 e. The summed E-state index contributed by atoms with van der Waals surface area (Å²) in [6, 6.07) is 7.30. The molecule has 0 unspecified atom stereocenters. The van der Waals surface area contributed by atoms with Gasteiger partial charge in [-0.05, 0) is 45.8 Å². The van der Waals surface area contributed by atoms with Gasteiger partial charge in [-0.25, -0.2) is 5.43 Å². The first kappa shape index (κ1) is 13.3. The number of amides is 1. The Kier molecular flexibility index (Phi) is 4.30. The van der Waals surface area contributed by atoms with Crippen molar-refractivity contribution in [3.63, 3.8) is 0 Å². The van der Waals surface area contributed by atoms with Crippen molar-refractivity contribution in [2.45, 2.75) is 0 Å². The SMILES string of the molecule is COc1ccc(C=NNC(=O)c2[nH]ncc2Br)cc1. The summed E-state index contributed by atoms with van der Waals surface area (Å²) >= 11 is 3.20. The molecular weight excluding hydrogens is 312 g/mol. The largest absolute Gasteiger partial charge is 0.497 e. The molecule has 0 radical (unpaired) electrons. The molecule has 2 rings (SSSR count). The van der Waals surface area contributed by atoms with E-state index >= 15 is 0 Å². The van der Waals surface area contributed by atoms with Gasteiger partial charge in [-0.1, -0.05) is 0 Å². The monoisotopic (exact) mass is 322 g/mol. The maximum absolute atomic E-state index is 11.7. The van der Waals surface area contributed by atoms with E-state index in [4.69, 9.17) is 4.74 Å². The molecule has 1 aromatic heterocycles. The van der Waals surface area contributed by atoms with Crippen LogP contribution in [0.5, 0.6) is 5.75 Å². The van der Waals surface area contributed by atoms with Crippen molar-refractivity contribution in [3.05, 3.63) is 46.2 Å². The summed E-state index contributed by atoms with van der Waals surface area (Å²) < 4.78 is 5.63. The van der Waals surface area contributed by atoms with Gasteiger partial charge in [0, 0.05) is 0 Å². The summed E-state index contributed by atoms with van der Waals surface area (Å²) in [5, 5.41) is 10.2. The number of carbonyl (C=O) groups excluding carboxylic acids is 1. The van der Waals surface area contributed by atoms with Crippen LogP contribution in [0.25, 0.3) is 0 Å². The number of methoxy groups -OCH3 is 1. The highest BCUT2D eigenvalue weighted by Crippen LogP contribution is 2.12. The van der Waals surface area contributed by atoms with Gasteiger partial charge in [-0.15, -0.1) is 0 Å². The van der Waals surface area contributed by atoms with Gasteiger partial charge >= 0.3 is 0 Å². The van der Waals surface area contributed by atoms with E-state index in [1.165, 1.54) is 6.20 Å². The van der Waals surface area contributed by atoms with E-state index in [1.54, 1.807) is 13.3 Å². The van der Waals surface area contributed by atoms with Crippen LogP contribution < -0.4 is 10.2 Å². The highest BCUT2D eigenvalue weighted by molar-refractivity contribution is 9.10. The highest BCUT2D eigenvalue weighted by Gasteiger charge is 2.10. The number of hydrogen-bond donors (Lipinski definition) is 2. The molecule has 6 nitrogen and oxygen atoms in total. The molecule has 0 bridgehead atoms. The fraction of sp³-hybridized carbons (Fsp3) is 0.0833. The quantitative estimate of drug-likeness (QED) is 0.667. The molecule has 1 amide bonds. The molecule has 19 heavy (non-hydrogen) atoms. The molecule has 0 saturated heterocycles. The second-order valence-corrected chi connectivity index (χ2v) is 4.42. The van der Waals surface area contributed by atoms with E-state index in [9.17, 15) is 4.79 Å². The smallest absolute Gasteiger partial charge is 0.290 e. The molecule has 0 spiro atoms. The van der Waals surface area contributed by atoms with Gasteiger partial charge in [0.15, 0.2) is 0 Å². The summed E-state index contributed by atoms with van der Waals surface area (Å²) in [6.45, 7) is 0. The van der Waals surface area contributed by atoms with Crippen LogP contribution in [0.2, 0.25) is 0 Å². The number of hydrazone groups is 1. The number of ether oxygens (including phenoxy) is 1. The summed E-state index contributed by atoms with van der Waals surface area (Å²) in [4.78, 5) is 11.7. The van der Waals surface area contributed by atoms with Crippen molar-refractivity contribution in [2.75, 3.05) is 7.11 Å². The van der Waals surface area contributed by atoms with Gasteiger partial charge in [-0.2, -0.15) is 10.2 Å². The molecule has 1 heterocycles. The minimum absolute atomic E-state index is 0.326. The minimum atomic E-state index is -0.367. The Bertz CT molecular complexity index is 592. The van der Waals surface area contributed by atoms with Crippen LogP contribution in [0.3, 0.4) is 0 Å². The molecule has 0 fully saturated rings. The molecule has 7 heteroatoms. The highest BCUT2D eigenvalue weighted by atomic mass is 79.9. The zero-order chi connectivity index (χ0) is 13.7. The lowest BCUT2D eigenvalue weighted by Crippen LogP contribution is -2.18. The third-order valence-electron chi connectivity index (χ3n) is 2.32. The molecule has 0 aliphatic rings. The number of carbonyl (C=O) groups is 1. The zero-order valence-electron chi connectivity index (χ0n) is 10.1. The average molecular weight is 323 g/mol. The van der Waals surface area contributed by atoms with Gasteiger partial charge in [0.1, 0.15) is 11.4 Å². The summed E-state index contributed by atoms with van der Waals surface area (Å²) in [7, 11) is 1.60. The fourth-order valence-electron chi connectivity index (χ4n) is 1.34. The Morgan fingerprint density at radius 1 is 1.47 bits per heavy atom. The summed E-state index contributed by atoms with van der Waals surface area (Å²) in [5.74, 6) is 0.400. The Balaban J connectivity index is 1.96. The standard InChI is InChI=1S/C12H11BrN4O2/c1-19-9-4-2-8(3-5-9)6-14-17-12(18)11-10(13)7-15-16-11/h2-7H,1H3,(H,15,16)(H,17,18). The van der Waals surface area contributed by atoms with Gasteiger partial charge in [0.2, 0.25) is 0 Å². The number of benzene rings is 1. The lowest BCUT2D eigenvalue weighted by atomic mass is 10.2. The molecule has 0 aliphatic heterocycles. The van der Waals surface area contributed by atoms with Crippen LogP contribution in [-0.4, -0.2) is 29.4 Å². The topological polar surface area (TPSA) is 79.4 Å². The molecule has 0 aliphatic carbocycles. The van der Waals surface area contributed by atoms with E-state index in [1.807, 2.05) is 24.3 Å². The average Bonchev–Trinajstić information content (AvgIpc) is 2.86. The Labute approximate surface area is 118 Å². The number of rotatable bonds is 4. The third kappa shape index (κ3) is 3.41. The normalized spacial score (nSPS) is 10.6. The second kappa shape index (κ2) is 6.14. The molecule has 98 valence electrons.